The Hall–Kier alpha value is -2.81. The van der Waals surface area contributed by atoms with Crippen LogP contribution in [0.3, 0.4) is 0 Å². The molecule has 1 aromatic carbocycles. The van der Waals surface area contributed by atoms with Crippen LogP contribution in [-0.4, -0.2) is 60.4 Å². The summed E-state index contributed by atoms with van der Waals surface area (Å²) in [4.78, 5) is 20.8. The average molecular weight is 439 g/mol. The van der Waals surface area contributed by atoms with Gasteiger partial charge in [-0.15, -0.1) is 0 Å². The molecule has 0 saturated carbocycles. The van der Waals surface area contributed by atoms with Crippen LogP contribution in [0.4, 0.5) is 19.0 Å². The molecule has 0 aliphatic heterocycles. The van der Waals surface area contributed by atoms with Crippen molar-refractivity contribution in [3.05, 3.63) is 53.7 Å². The van der Waals surface area contributed by atoms with Crippen LogP contribution in [0.5, 0.6) is 5.75 Å². The number of carbonyl (C=O) groups is 1. The molecule has 1 aromatic heterocycles. The topological polar surface area (TPSA) is 65.9 Å². The first-order chi connectivity index (χ1) is 14.4. The minimum atomic E-state index is -4.49. The number of aliphatic hydroxyl groups is 1. The maximum Gasteiger partial charge on any atom is 0.422 e. The third-order valence-corrected chi connectivity index (χ3v) is 4.64. The lowest BCUT2D eigenvalue weighted by molar-refractivity contribution is -0.153. The maximum absolute atomic E-state index is 13.0. The number of anilines is 1. The molecule has 31 heavy (non-hydrogen) atoms. The number of halogens is 3. The summed E-state index contributed by atoms with van der Waals surface area (Å²) >= 11 is 0. The Labute approximate surface area is 180 Å². The highest BCUT2D eigenvalue weighted by Crippen LogP contribution is 2.24. The van der Waals surface area contributed by atoms with Gasteiger partial charge in [0.15, 0.2) is 6.61 Å². The Kier molecular flexibility index (Phi) is 7.89. The molecule has 1 N–H and O–H groups in total. The fourth-order valence-corrected chi connectivity index (χ4v) is 2.86. The van der Waals surface area contributed by atoms with Crippen LogP contribution in [-0.2, 0) is 5.60 Å². The second kappa shape index (κ2) is 10.00. The Morgan fingerprint density at radius 2 is 1.77 bits per heavy atom. The summed E-state index contributed by atoms with van der Waals surface area (Å²) in [6.45, 7) is 4.77. The van der Waals surface area contributed by atoms with E-state index in [-0.39, 0.29) is 11.3 Å². The van der Waals surface area contributed by atoms with E-state index in [4.69, 9.17) is 4.74 Å². The normalized spacial score (nSPS) is 11.9. The van der Waals surface area contributed by atoms with Crippen molar-refractivity contribution in [2.75, 3.05) is 38.2 Å². The second-order valence-corrected chi connectivity index (χ2v) is 7.65. The van der Waals surface area contributed by atoms with Gasteiger partial charge < -0.3 is 19.6 Å². The molecule has 6 nitrogen and oxygen atoms in total. The lowest BCUT2D eigenvalue weighted by atomic mass is 10.1. The van der Waals surface area contributed by atoms with Crippen molar-refractivity contribution in [3.8, 4) is 5.75 Å². The molecule has 0 aliphatic rings. The number of pyridine rings is 1. The molecular formula is C22H28F3N3O3. The number of ether oxygens (including phenoxy) is 1. The zero-order valence-corrected chi connectivity index (χ0v) is 18.1. The number of rotatable bonds is 9. The smallest absolute Gasteiger partial charge is 0.422 e. The number of hydrogen-bond acceptors (Lipinski definition) is 5. The third-order valence-electron chi connectivity index (χ3n) is 4.64. The molecule has 0 spiro atoms. The lowest BCUT2D eigenvalue weighted by Gasteiger charge is -2.27. The minimum Gasteiger partial charge on any atom is -0.483 e. The van der Waals surface area contributed by atoms with E-state index in [1.165, 1.54) is 23.1 Å². The van der Waals surface area contributed by atoms with E-state index in [0.29, 0.717) is 31.1 Å². The summed E-state index contributed by atoms with van der Waals surface area (Å²) < 4.78 is 42.4. The van der Waals surface area contributed by atoms with Gasteiger partial charge in [-0.1, -0.05) is 18.2 Å². The van der Waals surface area contributed by atoms with Crippen molar-refractivity contribution in [1.82, 2.24) is 9.88 Å². The molecule has 2 aromatic rings. The molecule has 0 aliphatic carbocycles. The maximum atomic E-state index is 13.0. The summed E-state index contributed by atoms with van der Waals surface area (Å²) in [5, 5.41) is 10.2. The molecule has 0 radical (unpaired) electrons. The van der Waals surface area contributed by atoms with E-state index >= 15 is 0 Å². The predicted molar refractivity (Wildman–Crippen MR) is 112 cm³/mol. The van der Waals surface area contributed by atoms with Crippen LogP contribution in [0.2, 0.25) is 0 Å². The fraction of sp³-hybridized carbons (Fsp3) is 0.455. The largest absolute Gasteiger partial charge is 0.483 e. The number of amides is 1. The van der Waals surface area contributed by atoms with E-state index in [2.05, 4.69) is 4.98 Å². The summed E-state index contributed by atoms with van der Waals surface area (Å²) in [6, 6.07) is 11.2. The highest BCUT2D eigenvalue weighted by molar-refractivity contribution is 5.97. The van der Waals surface area contributed by atoms with Gasteiger partial charge >= 0.3 is 6.18 Å². The molecule has 2 rings (SSSR count). The average Bonchev–Trinajstić information content (AvgIpc) is 2.71. The van der Waals surface area contributed by atoms with Crippen LogP contribution < -0.4 is 9.64 Å². The number of nitrogens with zero attached hydrogens (tertiary/aromatic N) is 3. The van der Waals surface area contributed by atoms with Gasteiger partial charge in [-0.25, -0.2) is 4.98 Å². The Morgan fingerprint density at radius 3 is 2.39 bits per heavy atom. The van der Waals surface area contributed by atoms with E-state index in [9.17, 15) is 23.1 Å². The van der Waals surface area contributed by atoms with Gasteiger partial charge in [-0.2, -0.15) is 13.2 Å². The van der Waals surface area contributed by atoms with Gasteiger partial charge in [-0.05, 0) is 45.0 Å². The van der Waals surface area contributed by atoms with Gasteiger partial charge in [-0.3, -0.25) is 4.79 Å². The van der Waals surface area contributed by atoms with Gasteiger partial charge in [0, 0.05) is 26.7 Å². The second-order valence-electron chi connectivity index (χ2n) is 7.65. The number of alkyl halides is 3. The molecule has 170 valence electrons. The summed E-state index contributed by atoms with van der Waals surface area (Å²) in [5.74, 6) is 0.125. The summed E-state index contributed by atoms with van der Waals surface area (Å²) in [6.07, 6.45) is -4.49. The molecule has 0 atom stereocenters. The molecule has 0 unspecified atom stereocenters. The monoisotopic (exact) mass is 439 g/mol. The van der Waals surface area contributed by atoms with Gasteiger partial charge in [0.1, 0.15) is 17.2 Å². The Bertz CT molecular complexity index is 882. The summed E-state index contributed by atoms with van der Waals surface area (Å²) in [7, 11) is 1.81. The van der Waals surface area contributed by atoms with E-state index in [0.717, 1.165) is 0 Å². The van der Waals surface area contributed by atoms with Gasteiger partial charge in [0.05, 0.1) is 11.3 Å². The van der Waals surface area contributed by atoms with Crippen LogP contribution in [0.1, 0.15) is 36.8 Å². The van der Waals surface area contributed by atoms with Crippen molar-refractivity contribution < 1.29 is 27.8 Å². The fourth-order valence-electron chi connectivity index (χ4n) is 2.86. The molecule has 1 amide bonds. The van der Waals surface area contributed by atoms with Crippen molar-refractivity contribution in [1.29, 1.82) is 0 Å². The molecule has 1 heterocycles. The quantitative estimate of drug-likeness (QED) is 0.643. The molecular weight excluding hydrogens is 411 g/mol. The van der Waals surface area contributed by atoms with Crippen LogP contribution >= 0.6 is 0 Å². The zero-order valence-electron chi connectivity index (χ0n) is 18.1. The van der Waals surface area contributed by atoms with Crippen LogP contribution in [0.15, 0.2) is 42.5 Å². The van der Waals surface area contributed by atoms with Crippen molar-refractivity contribution in [2.45, 2.75) is 32.5 Å². The van der Waals surface area contributed by atoms with Gasteiger partial charge in [0.25, 0.3) is 5.91 Å². The third kappa shape index (κ3) is 7.13. The Balaban J connectivity index is 2.09. The zero-order chi connectivity index (χ0) is 23.2. The standard InChI is InChI=1S/C22H28F3N3O3/c1-5-28(14-13-27(4)19-12-8-11-18(26-19)21(2,3)30)20(29)16-9-6-7-10-17(16)31-15-22(23,24)25/h6-12,30H,5,13-15H2,1-4H3. The van der Waals surface area contributed by atoms with E-state index in [1.807, 2.05) is 11.9 Å². The molecule has 0 fully saturated rings. The highest BCUT2D eigenvalue weighted by Gasteiger charge is 2.29. The SMILES string of the molecule is CCN(CCN(C)c1cccc(C(C)(C)O)n1)C(=O)c1ccccc1OCC(F)(F)F. The van der Waals surface area contributed by atoms with Crippen molar-refractivity contribution >= 4 is 11.7 Å². The number of aromatic nitrogens is 1. The van der Waals surface area contributed by atoms with Crippen LogP contribution in [0, 0.1) is 0 Å². The Morgan fingerprint density at radius 1 is 1.10 bits per heavy atom. The number of hydrogen-bond donors (Lipinski definition) is 1. The number of para-hydroxylation sites is 1. The highest BCUT2D eigenvalue weighted by atomic mass is 19.4. The van der Waals surface area contributed by atoms with E-state index in [1.54, 1.807) is 45.0 Å². The van der Waals surface area contributed by atoms with Gasteiger partial charge in [0.2, 0.25) is 0 Å². The minimum absolute atomic E-state index is 0.0819. The summed E-state index contributed by atoms with van der Waals surface area (Å²) in [5.41, 5.74) is -0.475. The first-order valence-corrected chi connectivity index (χ1v) is 9.91. The number of carbonyl (C=O) groups excluding carboxylic acids is 1. The first kappa shape index (κ1) is 24.5. The predicted octanol–water partition coefficient (Wildman–Crippen LogP) is 3.85. The number of benzene rings is 1. The molecule has 9 heteroatoms. The first-order valence-electron chi connectivity index (χ1n) is 9.91. The molecule has 0 saturated heterocycles. The molecule has 0 bridgehead atoms. The van der Waals surface area contributed by atoms with E-state index < -0.39 is 24.3 Å². The number of likely N-dealkylation sites (N-methyl/N-ethyl adjacent to an activating group) is 2. The van der Waals surface area contributed by atoms with Crippen molar-refractivity contribution in [3.63, 3.8) is 0 Å². The lowest BCUT2D eigenvalue weighted by Crippen LogP contribution is -2.38. The van der Waals surface area contributed by atoms with Crippen LogP contribution in [0.25, 0.3) is 0 Å². The van der Waals surface area contributed by atoms with Crippen molar-refractivity contribution in [2.24, 2.45) is 0 Å².